The van der Waals surface area contributed by atoms with Gasteiger partial charge in [-0.1, -0.05) is 30.3 Å². The molecule has 8 nitrogen and oxygen atoms in total. The summed E-state index contributed by atoms with van der Waals surface area (Å²) in [6.07, 6.45) is 0. The maximum atomic E-state index is 12.9. The summed E-state index contributed by atoms with van der Waals surface area (Å²) in [7, 11) is -3.77. The molecule has 4 heterocycles. The molecule has 2 aromatic carbocycles. The number of hydrogen-bond donors (Lipinski definition) is 2. The molecule has 3 aliphatic rings. The van der Waals surface area contributed by atoms with Crippen molar-refractivity contribution < 1.29 is 8.42 Å². The van der Waals surface area contributed by atoms with Gasteiger partial charge in [0.1, 0.15) is 0 Å². The van der Waals surface area contributed by atoms with Gasteiger partial charge in [0.15, 0.2) is 11.6 Å². The quantitative estimate of drug-likeness (QED) is 0.624. The number of anilines is 2. The van der Waals surface area contributed by atoms with Crippen LogP contribution in [0.1, 0.15) is 0 Å². The highest BCUT2D eigenvalue weighted by Gasteiger charge is 2.31. The van der Waals surface area contributed by atoms with E-state index < -0.39 is 10.0 Å². The third kappa shape index (κ3) is 3.83. The maximum Gasteiger partial charge on any atom is 0.263 e. The van der Waals surface area contributed by atoms with Gasteiger partial charge in [0.2, 0.25) is 0 Å². The van der Waals surface area contributed by atoms with Gasteiger partial charge in [-0.3, -0.25) is 14.5 Å². The zero-order valence-corrected chi connectivity index (χ0v) is 17.3. The van der Waals surface area contributed by atoms with Crippen LogP contribution in [0.25, 0.3) is 11.0 Å². The minimum Gasteiger partial charge on any atom is -0.365 e. The van der Waals surface area contributed by atoms with E-state index >= 15 is 0 Å². The van der Waals surface area contributed by atoms with Crippen LogP contribution in [0.4, 0.5) is 11.6 Å². The molecule has 3 aliphatic heterocycles. The molecule has 3 fully saturated rings. The average molecular weight is 425 g/mol. The molecular weight excluding hydrogens is 400 g/mol. The monoisotopic (exact) mass is 424 g/mol. The lowest BCUT2D eigenvalue weighted by molar-refractivity contribution is 0.0189. The Hall–Kier alpha value is -2.75. The summed E-state index contributed by atoms with van der Waals surface area (Å²) < 4.78 is 28.4. The molecule has 3 saturated heterocycles. The van der Waals surface area contributed by atoms with Crippen molar-refractivity contribution in [1.29, 1.82) is 0 Å². The van der Waals surface area contributed by atoms with Crippen molar-refractivity contribution in [3.05, 3.63) is 54.6 Å². The molecule has 156 valence electrons. The zero-order chi connectivity index (χ0) is 20.6. The normalized spacial score (nSPS) is 23.4. The smallest absolute Gasteiger partial charge is 0.263 e. The van der Waals surface area contributed by atoms with Gasteiger partial charge in [0.25, 0.3) is 10.0 Å². The van der Waals surface area contributed by atoms with E-state index in [-0.39, 0.29) is 10.7 Å². The van der Waals surface area contributed by atoms with Crippen molar-refractivity contribution in [3.63, 3.8) is 0 Å². The van der Waals surface area contributed by atoms with Crippen molar-refractivity contribution >= 4 is 32.7 Å². The Kier molecular flexibility index (Phi) is 5.01. The second-order valence-corrected chi connectivity index (χ2v) is 9.38. The van der Waals surface area contributed by atoms with Gasteiger partial charge in [0.05, 0.1) is 15.9 Å². The number of rotatable bonds is 6. The Labute approximate surface area is 176 Å². The maximum absolute atomic E-state index is 12.9. The molecule has 0 spiro atoms. The Morgan fingerprint density at radius 1 is 0.867 bits per heavy atom. The fourth-order valence-electron chi connectivity index (χ4n) is 4.11. The minimum atomic E-state index is -3.77. The first-order valence-electron chi connectivity index (χ1n) is 10.1. The van der Waals surface area contributed by atoms with E-state index in [1.807, 2.05) is 24.3 Å². The Balaban J connectivity index is 1.44. The first-order chi connectivity index (χ1) is 14.6. The van der Waals surface area contributed by atoms with E-state index in [2.05, 4.69) is 29.8 Å². The first kappa shape index (κ1) is 19.2. The van der Waals surface area contributed by atoms with Crippen molar-refractivity contribution in [2.45, 2.75) is 10.9 Å². The highest BCUT2D eigenvalue weighted by Crippen LogP contribution is 2.25. The van der Waals surface area contributed by atoms with Crippen LogP contribution < -0.4 is 10.0 Å². The van der Waals surface area contributed by atoms with E-state index in [0.29, 0.717) is 23.9 Å². The molecule has 0 aliphatic carbocycles. The summed E-state index contributed by atoms with van der Waals surface area (Å²) in [6.45, 7) is 6.08. The molecule has 0 saturated carbocycles. The number of benzene rings is 2. The third-order valence-electron chi connectivity index (χ3n) is 5.75. The van der Waals surface area contributed by atoms with Crippen LogP contribution in [0.5, 0.6) is 0 Å². The van der Waals surface area contributed by atoms with E-state index in [1.165, 1.54) is 0 Å². The Morgan fingerprint density at radius 2 is 1.50 bits per heavy atom. The molecular formula is C21H24N6O2S. The molecule has 2 N–H and O–H groups in total. The van der Waals surface area contributed by atoms with Crippen molar-refractivity contribution in [2.75, 3.05) is 49.3 Å². The van der Waals surface area contributed by atoms with Crippen molar-refractivity contribution in [3.8, 4) is 0 Å². The first-order valence-corrected chi connectivity index (χ1v) is 11.6. The number of aromatic nitrogens is 2. The SMILES string of the molecule is O=S(=O)(Nc1nc2ccccc2nc1NCC1CN2CCN1CC2)c1ccccc1. The van der Waals surface area contributed by atoms with Crippen LogP contribution in [0.3, 0.4) is 0 Å². The molecule has 1 atom stereocenters. The number of para-hydroxylation sites is 2. The summed E-state index contributed by atoms with van der Waals surface area (Å²) in [5, 5.41) is 3.37. The lowest BCUT2D eigenvalue weighted by atomic mass is 10.1. The molecule has 0 radical (unpaired) electrons. The summed E-state index contributed by atoms with van der Waals surface area (Å²) in [4.78, 5) is 14.4. The van der Waals surface area contributed by atoms with Gasteiger partial charge in [-0.15, -0.1) is 0 Å². The molecule has 1 unspecified atom stereocenters. The number of hydrogen-bond acceptors (Lipinski definition) is 7. The van der Waals surface area contributed by atoms with E-state index in [9.17, 15) is 8.42 Å². The number of nitrogens with zero attached hydrogens (tertiary/aromatic N) is 4. The van der Waals surface area contributed by atoms with E-state index in [1.54, 1.807) is 30.3 Å². The van der Waals surface area contributed by atoms with Crippen LogP contribution in [0, 0.1) is 0 Å². The standard InChI is InChI=1S/C21H24N6O2S/c28-30(29,17-6-2-1-3-7-17)25-21-20(23-18-8-4-5-9-19(18)24-21)22-14-16-15-26-10-12-27(16)13-11-26/h1-9,16H,10-15H2,(H,22,23)(H,24,25). The highest BCUT2D eigenvalue weighted by atomic mass is 32.2. The lowest BCUT2D eigenvalue weighted by Gasteiger charge is -2.47. The Bertz CT molecular complexity index is 1150. The van der Waals surface area contributed by atoms with Crippen molar-refractivity contribution in [2.24, 2.45) is 0 Å². The molecule has 9 heteroatoms. The predicted octanol–water partition coefficient (Wildman–Crippen LogP) is 1.84. The summed E-state index contributed by atoms with van der Waals surface area (Å²) in [5.41, 5.74) is 1.36. The fourth-order valence-corrected chi connectivity index (χ4v) is 5.14. The van der Waals surface area contributed by atoms with Gasteiger partial charge in [0, 0.05) is 45.3 Å². The van der Waals surface area contributed by atoms with E-state index in [4.69, 9.17) is 0 Å². The van der Waals surface area contributed by atoms with Crippen LogP contribution >= 0.6 is 0 Å². The number of fused-ring (bicyclic) bond motifs is 4. The summed E-state index contributed by atoms with van der Waals surface area (Å²) >= 11 is 0. The van der Waals surface area contributed by atoms with Crippen LogP contribution in [0.15, 0.2) is 59.5 Å². The molecule has 6 rings (SSSR count). The van der Waals surface area contributed by atoms with Gasteiger partial charge in [-0.25, -0.2) is 18.4 Å². The lowest BCUT2D eigenvalue weighted by Crippen LogP contribution is -2.62. The summed E-state index contributed by atoms with van der Waals surface area (Å²) in [6, 6.07) is 16.1. The molecule has 2 bridgehead atoms. The molecule has 3 aromatic rings. The number of piperazine rings is 3. The van der Waals surface area contributed by atoms with Gasteiger partial charge in [-0.05, 0) is 24.3 Å². The topological polar surface area (TPSA) is 90.5 Å². The summed E-state index contributed by atoms with van der Waals surface area (Å²) in [5.74, 6) is 0.666. The second-order valence-electron chi connectivity index (χ2n) is 7.70. The largest absolute Gasteiger partial charge is 0.365 e. The van der Waals surface area contributed by atoms with Crippen molar-refractivity contribution in [1.82, 2.24) is 19.8 Å². The van der Waals surface area contributed by atoms with Gasteiger partial charge < -0.3 is 5.32 Å². The van der Waals surface area contributed by atoms with Gasteiger partial charge in [-0.2, -0.15) is 0 Å². The Morgan fingerprint density at radius 3 is 2.13 bits per heavy atom. The highest BCUT2D eigenvalue weighted by molar-refractivity contribution is 7.92. The zero-order valence-electron chi connectivity index (χ0n) is 16.5. The average Bonchev–Trinajstić information content (AvgIpc) is 2.79. The minimum absolute atomic E-state index is 0.189. The van der Waals surface area contributed by atoms with Crippen LogP contribution in [0.2, 0.25) is 0 Å². The molecule has 30 heavy (non-hydrogen) atoms. The number of sulfonamides is 1. The van der Waals surface area contributed by atoms with Crippen LogP contribution in [-0.2, 0) is 10.0 Å². The van der Waals surface area contributed by atoms with Crippen LogP contribution in [-0.4, -0.2) is 73.5 Å². The number of nitrogens with one attached hydrogen (secondary N) is 2. The molecule has 0 amide bonds. The second kappa shape index (κ2) is 7.82. The third-order valence-corrected chi connectivity index (χ3v) is 7.11. The van der Waals surface area contributed by atoms with Gasteiger partial charge >= 0.3 is 0 Å². The molecule has 1 aromatic heterocycles. The van der Waals surface area contributed by atoms with E-state index in [0.717, 1.165) is 38.2 Å². The predicted molar refractivity (Wildman–Crippen MR) is 117 cm³/mol. The fraction of sp³-hybridized carbons (Fsp3) is 0.333.